The number of aromatic nitrogens is 3. The fourth-order valence-electron chi connectivity index (χ4n) is 4.11. The molecule has 2 aliphatic rings. The summed E-state index contributed by atoms with van der Waals surface area (Å²) in [6.45, 7) is 3.82. The molecule has 11 nitrogen and oxygen atoms in total. The van der Waals surface area contributed by atoms with Gasteiger partial charge in [-0.1, -0.05) is 12.1 Å². The van der Waals surface area contributed by atoms with Crippen LogP contribution in [0.4, 0.5) is 5.82 Å². The Bertz CT molecular complexity index is 1490. The smallest absolute Gasteiger partial charge is 0.276 e. The summed E-state index contributed by atoms with van der Waals surface area (Å²) in [5.41, 5.74) is 6.32. The second-order valence-electron chi connectivity index (χ2n) is 7.69. The minimum Gasteiger partial charge on any atom is -0.378 e. The number of hydrogen-bond donors (Lipinski definition) is 3. The summed E-state index contributed by atoms with van der Waals surface area (Å²) in [6, 6.07) is 9.46. The number of morpholine rings is 1. The Labute approximate surface area is 191 Å². The van der Waals surface area contributed by atoms with E-state index in [0.29, 0.717) is 67.0 Å². The lowest BCUT2D eigenvalue weighted by Gasteiger charge is -2.27. The molecule has 12 heteroatoms. The number of thiazole rings is 1. The van der Waals surface area contributed by atoms with Gasteiger partial charge >= 0.3 is 0 Å². The summed E-state index contributed by atoms with van der Waals surface area (Å²) >= 11 is 1.37. The fraction of sp³-hybridized carbons (Fsp3) is 0.286. The summed E-state index contributed by atoms with van der Waals surface area (Å²) in [5, 5.41) is 12.2. The maximum absolute atomic E-state index is 13.6. The van der Waals surface area contributed by atoms with Crippen LogP contribution in [0.25, 0.3) is 26.1 Å². The molecule has 0 aliphatic carbocycles. The number of guanidine groups is 1. The van der Waals surface area contributed by atoms with Gasteiger partial charge < -0.3 is 15.0 Å². The lowest BCUT2D eigenvalue weighted by molar-refractivity contribution is 0.0944. The van der Waals surface area contributed by atoms with E-state index in [1.807, 2.05) is 33.6 Å². The molecular weight excluding hydrogens is 444 g/mol. The first-order valence-electron chi connectivity index (χ1n) is 10.6. The van der Waals surface area contributed by atoms with Crippen LogP contribution in [0.1, 0.15) is 10.4 Å². The molecule has 1 saturated heterocycles. The molecule has 1 amide bonds. The molecule has 0 unspecified atom stereocenters. The van der Waals surface area contributed by atoms with E-state index in [9.17, 15) is 9.59 Å². The van der Waals surface area contributed by atoms with Crippen LogP contribution in [0.3, 0.4) is 0 Å². The number of fused-ring (bicyclic) bond motifs is 5. The van der Waals surface area contributed by atoms with E-state index in [1.54, 1.807) is 6.07 Å². The number of rotatable bonds is 2. The van der Waals surface area contributed by atoms with Crippen LogP contribution in [0, 0.1) is 0 Å². The number of hydrazine groups is 1. The number of benzene rings is 1. The van der Waals surface area contributed by atoms with Crippen LogP contribution in [-0.2, 0) is 4.74 Å². The Morgan fingerprint density at radius 1 is 1.18 bits per heavy atom. The molecule has 3 aromatic heterocycles. The van der Waals surface area contributed by atoms with E-state index >= 15 is 0 Å². The number of pyridine rings is 1. The lowest BCUT2D eigenvalue weighted by Crippen LogP contribution is -2.47. The third-order valence-corrected chi connectivity index (χ3v) is 6.85. The third kappa shape index (κ3) is 3.34. The van der Waals surface area contributed by atoms with Crippen LogP contribution in [0.2, 0.25) is 0 Å². The van der Waals surface area contributed by atoms with Crippen molar-refractivity contribution in [3.05, 3.63) is 46.1 Å². The van der Waals surface area contributed by atoms with E-state index < -0.39 is 5.91 Å². The van der Waals surface area contributed by atoms with E-state index in [0.717, 1.165) is 10.2 Å². The monoisotopic (exact) mass is 464 g/mol. The zero-order valence-electron chi connectivity index (χ0n) is 17.5. The summed E-state index contributed by atoms with van der Waals surface area (Å²) in [4.78, 5) is 33.6. The second kappa shape index (κ2) is 7.98. The van der Waals surface area contributed by atoms with E-state index in [-0.39, 0.29) is 11.0 Å². The number of anilines is 1. The topological polar surface area (TPSA) is 125 Å². The number of aliphatic imine (C=N–C) groups is 1. The Morgan fingerprint density at radius 2 is 2.03 bits per heavy atom. The van der Waals surface area contributed by atoms with Crippen molar-refractivity contribution in [2.45, 2.75) is 0 Å². The molecule has 5 heterocycles. The van der Waals surface area contributed by atoms with Crippen molar-refractivity contribution in [1.29, 1.82) is 0 Å². The number of amides is 1. The van der Waals surface area contributed by atoms with Crippen molar-refractivity contribution in [2.24, 2.45) is 4.99 Å². The highest BCUT2D eigenvalue weighted by Gasteiger charge is 2.24. The van der Waals surface area contributed by atoms with Gasteiger partial charge in [-0.2, -0.15) is 0 Å². The first-order valence-corrected chi connectivity index (χ1v) is 11.4. The summed E-state index contributed by atoms with van der Waals surface area (Å²) in [6.07, 6.45) is 0. The van der Waals surface area contributed by atoms with Crippen molar-refractivity contribution < 1.29 is 9.53 Å². The standard InChI is InChI=1S/C21H20N8O3S/c30-17-12-11-15(28-7-9-32-10-8-28)24-25-18(12)29-13-3-1-2-4-14(13)33-20(29)16(17)19(31)26-27-21-22-5-6-23-21/h1-4,11H,5-10H2,(H,26,31)(H2,22,23,27). The molecule has 0 saturated carbocycles. The predicted octanol–water partition coefficient (Wildman–Crippen LogP) is 0.488. The van der Waals surface area contributed by atoms with Crippen molar-refractivity contribution >= 4 is 55.1 Å². The highest BCUT2D eigenvalue weighted by atomic mass is 32.1. The molecule has 3 N–H and O–H groups in total. The van der Waals surface area contributed by atoms with Crippen LogP contribution >= 0.6 is 11.3 Å². The normalized spacial score (nSPS) is 16.2. The van der Waals surface area contributed by atoms with E-state index in [4.69, 9.17) is 4.74 Å². The summed E-state index contributed by atoms with van der Waals surface area (Å²) < 4.78 is 8.20. The van der Waals surface area contributed by atoms with Gasteiger partial charge in [-0.05, 0) is 18.2 Å². The Hall–Kier alpha value is -3.77. The van der Waals surface area contributed by atoms with Crippen molar-refractivity contribution in [3.8, 4) is 0 Å². The van der Waals surface area contributed by atoms with Gasteiger partial charge in [0, 0.05) is 19.6 Å². The van der Waals surface area contributed by atoms with Crippen molar-refractivity contribution in [3.63, 3.8) is 0 Å². The van der Waals surface area contributed by atoms with Gasteiger partial charge in [0.2, 0.25) is 11.4 Å². The average Bonchev–Trinajstić information content (AvgIpc) is 3.51. The molecule has 1 fully saturated rings. The molecule has 2 aliphatic heterocycles. The van der Waals surface area contributed by atoms with Gasteiger partial charge in [0.25, 0.3) is 5.91 Å². The first kappa shape index (κ1) is 19.9. The number of carbonyl (C=O) groups is 1. The third-order valence-electron chi connectivity index (χ3n) is 5.71. The maximum Gasteiger partial charge on any atom is 0.276 e. The number of nitrogens with zero attached hydrogens (tertiary/aromatic N) is 5. The number of nitrogens with one attached hydrogen (secondary N) is 3. The van der Waals surface area contributed by atoms with Crippen LogP contribution in [0.15, 0.2) is 40.1 Å². The number of hydrogen-bond acceptors (Lipinski definition) is 10. The second-order valence-corrected chi connectivity index (χ2v) is 8.72. The Balaban J connectivity index is 1.55. The highest BCUT2D eigenvalue weighted by molar-refractivity contribution is 7.24. The van der Waals surface area contributed by atoms with Gasteiger partial charge in [-0.3, -0.25) is 29.8 Å². The van der Waals surface area contributed by atoms with E-state index in [2.05, 4.69) is 31.4 Å². The van der Waals surface area contributed by atoms with Gasteiger partial charge in [-0.15, -0.1) is 21.5 Å². The number of para-hydroxylation sites is 1. The molecule has 0 atom stereocenters. The molecule has 0 radical (unpaired) electrons. The first-order chi connectivity index (χ1) is 16.2. The molecule has 1 aromatic carbocycles. The summed E-state index contributed by atoms with van der Waals surface area (Å²) in [5.74, 6) is 0.528. The number of ether oxygens (including phenoxy) is 1. The van der Waals surface area contributed by atoms with Gasteiger partial charge in [0.15, 0.2) is 11.5 Å². The Kier molecular flexibility index (Phi) is 4.80. The SMILES string of the molecule is O=C(NNC1=NCCN1)c1c(=O)c2cc(N3CCOCC3)nnc2n2c1sc1ccccc12. The minimum absolute atomic E-state index is 0.0516. The molecule has 33 heavy (non-hydrogen) atoms. The van der Waals surface area contributed by atoms with E-state index in [1.165, 1.54) is 11.3 Å². The Morgan fingerprint density at radius 3 is 2.85 bits per heavy atom. The van der Waals surface area contributed by atoms with Crippen LogP contribution < -0.4 is 26.5 Å². The number of carbonyl (C=O) groups excluding carboxylic acids is 1. The molecule has 168 valence electrons. The predicted molar refractivity (Wildman–Crippen MR) is 126 cm³/mol. The minimum atomic E-state index is -0.535. The molecule has 0 bridgehead atoms. The lowest BCUT2D eigenvalue weighted by atomic mass is 10.2. The van der Waals surface area contributed by atoms with Crippen LogP contribution in [-0.4, -0.2) is 65.9 Å². The largest absolute Gasteiger partial charge is 0.378 e. The van der Waals surface area contributed by atoms with Gasteiger partial charge in [0.05, 0.1) is 35.4 Å². The zero-order valence-corrected chi connectivity index (χ0v) is 18.3. The molecule has 0 spiro atoms. The molecule has 6 rings (SSSR count). The average molecular weight is 465 g/mol. The summed E-state index contributed by atoms with van der Waals surface area (Å²) in [7, 11) is 0. The zero-order chi connectivity index (χ0) is 22.4. The molecule has 4 aromatic rings. The molecular formula is C21H20N8O3S. The fourth-order valence-corrected chi connectivity index (χ4v) is 5.29. The van der Waals surface area contributed by atoms with Crippen molar-refractivity contribution in [1.82, 2.24) is 30.8 Å². The van der Waals surface area contributed by atoms with Gasteiger partial charge in [-0.25, -0.2) is 0 Å². The quantitative estimate of drug-likeness (QED) is 0.366. The maximum atomic E-state index is 13.6. The van der Waals surface area contributed by atoms with Crippen molar-refractivity contribution in [2.75, 3.05) is 44.3 Å². The highest BCUT2D eigenvalue weighted by Crippen LogP contribution is 2.31. The van der Waals surface area contributed by atoms with Crippen LogP contribution in [0.5, 0.6) is 0 Å². The van der Waals surface area contributed by atoms with Gasteiger partial charge in [0.1, 0.15) is 10.4 Å².